The van der Waals surface area contributed by atoms with E-state index in [-0.39, 0.29) is 26.6 Å². The number of hydrogen-bond acceptors (Lipinski definition) is 5. The highest BCUT2D eigenvalue weighted by atomic mass is 16.7. The van der Waals surface area contributed by atoms with Crippen LogP contribution in [0.5, 0.6) is 0 Å². The number of nitrogens with zero attached hydrogens (tertiary/aromatic N) is 2. The maximum atomic E-state index is 8.45. The van der Waals surface area contributed by atoms with Crippen molar-refractivity contribution >= 4 is 24.0 Å². The number of hydrogen-bond donors (Lipinski definition) is 1. The van der Waals surface area contributed by atoms with E-state index in [9.17, 15) is 0 Å². The Bertz CT molecular complexity index is 940. The summed E-state index contributed by atoms with van der Waals surface area (Å²) < 4.78 is 102. The van der Waals surface area contributed by atoms with E-state index in [0.717, 1.165) is 0 Å². The van der Waals surface area contributed by atoms with Gasteiger partial charge in [-0.25, -0.2) is 0 Å². The average molecular weight is 328 g/mol. The van der Waals surface area contributed by atoms with Crippen LogP contribution < -0.4 is 16.1 Å². The predicted octanol–water partition coefficient (Wildman–Crippen LogP) is 1.32. The van der Waals surface area contributed by atoms with Crippen molar-refractivity contribution in [1.29, 1.82) is 0 Å². The zero-order valence-electron chi connectivity index (χ0n) is 24.6. The molecule has 0 unspecified atom stereocenters. The first kappa shape index (κ1) is 7.76. The van der Waals surface area contributed by atoms with Crippen molar-refractivity contribution in [3.63, 3.8) is 0 Å². The number of nitrogens with two attached hydrogens (primary N) is 1. The Hall–Kier alpha value is -1.24. The highest BCUT2D eigenvalue weighted by Crippen LogP contribution is 2.37. The van der Waals surface area contributed by atoms with Gasteiger partial charge in [0.2, 0.25) is 0 Å². The van der Waals surface area contributed by atoms with Gasteiger partial charge in [-0.3, -0.25) is 0 Å². The summed E-state index contributed by atoms with van der Waals surface area (Å²) in [5.41, 5.74) is 4.72. The van der Waals surface area contributed by atoms with Crippen LogP contribution in [0.25, 0.3) is 0 Å². The lowest BCUT2D eigenvalue weighted by Crippen LogP contribution is -2.45. The third kappa shape index (κ3) is 3.07. The van der Waals surface area contributed by atoms with Crippen LogP contribution in [0, 0.1) is 0 Å². The molecular formula is C17H28BN3O2. The van der Waals surface area contributed by atoms with E-state index in [1.54, 1.807) is 27.7 Å². The Kier molecular flexibility index (Phi) is 1.92. The van der Waals surface area contributed by atoms with Gasteiger partial charge in [0.25, 0.3) is 0 Å². The number of nitrogen functional groups attached to an aromatic ring is 1. The Balaban J connectivity index is 2.19. The fourth-order valence-electron chi connectivity index (χ4n) is 2.26. The third-order valence-electron chi connectivity index (χ3n) is 4.38. The van der Waals surface area contributed by atoms with E-state index in [0.29, 0.717) is 0 Å². The second-order valence-electron chi connectivity index (χ2n) is 6.52. The van der Waals surface area contributed by atoms with E-state index in [1.807, 2.05) is 0 Å². The van der Waals surface area contributed by atoms with Crippen LogP contribution in [0.1, 0.15) is 42.8 Å². The van der Waals surface area contributed by atoms with Crippen molar-refractivity contribution in [2.45, 2.75) is 38.9 Å². The fraction of sp³-hybridized carbons (Fsp3) is 0.647. The van der Waals surface area contributed by atoms with Crippen LogP contribution in [0.4, 0.5) is 11.4 Å². The molecule has 1 aromatic carbocycles. The molecule has 23 heavy (non-hydrogen) atoms. The normalized spacial score (nSPS) is 40.6. The second-order valence-corrected chi connectivity index (χ2v) is 6.52. The molecule has 1 aromatic rings. The van der Waals surface area contributed by atoms with Gasteiger partial charge in [0.15, 0.2) is 0 Å². The van der Waals surface area contributed by atoms with Crippen LogP contribution in [0.3, 0.4) is 0 Å². The molecular weight excluding hydrogens is 289 g/mol. The number of anilines is 2. The maximum absolute atomic E-state index is 8.45. The first-order valence-electron chi connectivity index (χ1n) is 12.8. The molecule has 2 saturated heterocycles. The molecule has 126 valence electrons. The van der Waals surface area contributed by atoms with Crippen molar-refractivity contribution in [3.05, 3.63) is 18.2 Å². The first-order chi connectivity index (χ1) is 14.9. The summed E-state index contributed by atoms with van der Waals surface area (Å²) in [5.74, 6) is 0. The molecule has 2 aliphatic heterocycles. The summed E-state index contributed by atoms with van der Waals surface area (Å²) >= 11 is 0. The van der Waals surface area contributed by atoms with Crippen LogP contribution >= 0.6 is 0 Å². The summed E-state index contributed by atoms with van der Waals surface area (Å²) in [4.78, 5) is -0.0909. The largest absolute Gasteiger partial charge is 0.497 e. The predicted molar refractivity (Wildman–Crippen MR) is 96.3 cm³/mol. The van der Waals surface area contributed by atoms with Crippen molar-refractivity contribution in [3.8, 4) is 0 Å². The molecule has 5 nitrogen and oxygen atoms in total. The van der Waals surface area contributed by atoms with Gasteiger partial charge in [0.1, 0.15) is 0 Å². The Morgan fingerprint density at radius 2 is 1.74 bits per heavy atom. The van der Waals surface area contributed by atoms with Gasteiger partial charge in [-0.15, -0.1) is 0 Å². The van der Waals surface area contributed by atoms with Gasteiger partial charge in [-0.05, 0) is 52.9 Å². The van der Waals surface area contributed by atoms with Crippen LogP contribution in [-0.2, 0) is 9.31 Å². The Labute approximate surface area is 155 Å². The molecule has 2 N–H and O–H groups in total. The number of rotatable bonds is 2. The Morgan fingerprint density at radius 1 is 1.13 bits per heavy atom. The van der Waals surface area contributed by atoms with Crippen LogP contribution in [0.2, 0.25) is 0 Å². The fourth-order valence-corrected chi connectivity index (χ4v) is 2.26. The molecule has 2 fully saturated rings. The standard InChI is InChI=1S/C17H28BN3O2/c1-16(2)17(3,4)23-18(22-16)14-12-13(6-7-15(14)19)21-10-8-20(5)9-11-21/h6-7,12H,8-11,19H2,1-5H3/i5D3,8D2,9D2,10D2,11D2. The van der Waals surface area contributed by atoms with E-state index in [2.05, 4.69) is 0 Å². The summed E-state index contributed by atoms with van der Waals surface area (Å²) in [6.07, 6.45) is 0. The lowest BCUT2D eigenvalue weighted by atomic mass is 9.77. The molecule has 0 amide bonds. The second kappa shape index (κ2) is 5.69. The van der Waals surface area contributed by atoms with Gasteiger partial charge >= 0.3 is 7.12 Å². The SMILES string of the molecule is [2H]C([2H])([2H])N1C([2H])([2H])C([2H])([2H])N(c2ccc(N)c(B3OC(C)(C)C(C)(C)O3)c2)C([2H])([2H])C1([2H])[2H]. The minimum absolute atomic E-state index is 0.176. The van der Waals surface area contributed by atoms with E-state index < -0.39 is 51.3 Å². The summed E-state index contributed by atoms with van der Waals surface area (Å²) in [7, 11) is -1.01. The first-order valence-corrected chi connectivity index (χ1v) is 7.29. The smallest absolute Gasteiger partial charge is 0.399 e. The number of likely N-dealkylation sites (N-methyl/N-ethyl adjacent to an activating group) is 1. The monoisotopic (exact) mass is 328 g/mol. The molecule has 0 radical (unpaired) electrons. The summed E-state index contributed by atoms with van der Waals surface area (Å²) in [6.45, 7) is -9.86. The lowest BCUT2D eigenvalue weighted by molar-refractivity contribution is 0.00578. The molecule has 0 saturated carbocycles. The van der Waals surface area contributed by atoms with Gasteiger partial charge in [0, 0.05) is 52.4 Å². The summed E-state index contributed by atoms with van der Waals surface area (Å²) in [6, 6.07) is 3.77. The third-order valence-corrected chi connectivity index (χ3v) is 4.38. The maximum Gasteiger partial charge on any atom is 0.497 e. The van der Waals surface area contributed by atoms with Gasteiger partial charge in [0.05, 0.1) is 16.7 Å². The molecule has 0 bridgehead atoms. The Morgan fingerprint density at radius 3 is 2.30 bits per heavy atom. The topological polar surface area (TPSA) is 51.0 Å². The van der Waals surface area contributed by atoms with E-state index in [1.165, 1.54) is 18.2 Å². The highest BCUT2D eigenvalue weighted by Gasteiger charge is 2.52. The summed E-state index contributed by atoms with van der Waals surface area (Å²) in [5, 5.41) is 0. The zero-order valence-corrected chi connectivity index (χ0v) is 13.6. The van der Waals surface area contributed by atoms with Crippen molar-refractivity contribution < 1.29 is 24.4 Å². The molecule has 0 aliphatic carbocycles. The minimum atomic E-state index is -3.48. The molecule has 2 aliphatic rings. The van der Waals surface area contributed by atoms with Crippen molar-refractivity contribution in [2.24, 2.45) is 0 Å². The quantitative estimate of drug-likeness (QED) is 0.655. The molecule has 6 heteroatoms. The molecule has 0 spiro atoms. The molecule has 3 rings (SSSR count). The van der Waals surface area contributed by atoms with Crippen LogP contribution in [-0.4, -0.2) is 56.2 Å². The number of piperazine rings is 1. The van der Waals surface area contributed by atoms with Crippen LogP contribution in [0.15, 0.2) is 18.2 Å². The van der Waals surface area contributed by atoms with Gasteiger partial charge < -0.3 is 24.8 Å². The molecule has 2 heterocycles. The van der Waals surface area contributed by atoms with E-state index >= 15 is 0 Å². The van der Waals surface area contributed by atoms with Crippen molar-refractivity contribution in [1.82, 2.24) is 4.90 Å². The molecule has 0 atom stereocenters. The average Bonchev–Trinajstić information content (AvgIpc) is 2.80. The van der Waals surface area contributed by atoms with Gasteiger partial charge in [-0.1, -0.05) is 0 Å². The van der Waals surface area contributed by atoms with Crippen molar-refractivity contribution in [2.75, 3.05) is 43.6 Å². The lowest BCUT2D eigenvalue weighted by Gasteiger charge is -2.34. The zero-order chi connectivity index (χ0) is 26.5. The van der Waals surface area contributed by atoms with Gasteiger partial charge in [-0.2, -0.15) is 0 Å². The highest BCUT2D eigenvalue weighted by molar-refractivity contribution is 6.64. The van der Waals surface area contributed by atoms with E-state index in [4.69, 9.17) is 30.1 Å². The minimum Gasteiger partial charge on any atom is -0.399 e. The number of benzene rings is 1. The molecule has 0 aromatic heterocycles.